The molecule has 1 aromatic carbocycles. The van der Waals surface area contributed by atoms with Crippen LogP contribution in [-0.4, -0.2) is 15.0 Å². The molecular weight excluding hydrogens is 264 g/mol. The van der Waals surface area contributed by atoms with Gasteiger partial charge in [-0.3, -0.25) is 4.79 Å². The molecule has 1 unspecified atom stereocenters. The fraction of sp³-hybridized carbons (Fsp3) is 0.188. The van der Waals surface area contributed by atoms with Gasteiger partial charge in [-0.2, -0.15) is 0 Å². The predicted molar refractivity (Wildman–Crippen MR) is 81.9 cm³/mol. The zero-order valence-corrected chi connectivity index (χ0v) is 11.7. The fourth-order valence-corrected chi connectivity index (χ4v) is 2.38. The average molecular weight is 280 g/mol. The van der Waals surface area contributed by atoms with E-state index < -0.39 is 0 Å². The highest BCUT2D eigenvalue weighted by Gasteiger charge is 2.10. The summed E-state index contributed by atoms with van der Waals surface area (Å²) in [6.07, 6.45) is 5.05. The number of aromatic amines is 1. The predicted octanol–water partition coefficient (Wildman–Crippen LogP) is 2.17. The number of H-pyrrole nitrogens is 1. The largest absolute Gasteiger partial charge is 0.328 e. The van der Waals surface area contributed by atoms with Crippen molar-refractivity contribution in [2.45, 2.75) is 19.5 Å². The summed E-state index contributed by atoms with van der Waals surface area (Å²) in [6.45, 7) is 2.72. The van der Waals surface area contributed by atoms with Crippen LogP contribution in [0.1, 0.15) is 24.2 Å². The van der Waals surface area contributed by atoms with E-state index in [0.717, 1.165) is 16.6 Å². The van der Waals surface area contributed by atoms with E-state index in [1.165, 1.54) is 6.33 Å². The van der Waals surface area contributed by atoms with Gasteiger partial charge in [-0.25, -0.2) is 9.97 Å². The van der Waals surface area contributed by atoms with Crippen molar-refractivity contribution in [3.63, 3.8) is 0 Å². The van der Waals surface area contributed by atoms with Crippen LogP contribution in [0.2, 0.25) is 0 Å². The highest BCUT2D eigenvalue weighted by Crippen LogP contribution is 2.21. The zero-order chi connectivity index (χ0) is 14.7. The lowest BCUT2D eigenvalue weighted by atomic mass is 10.0. The van der Waals surface area contributed by atoms with Gasteiger partial charge in [-0.05, 0) is 30.0 Å². The molecule has 0 fully saturated rings. The van der Waals surface area contributed by atoms with Gasteiger partial charge in [0.15, 0.2) is 0 Å². The van der Waals surface area contributed by atoms with Crippen molar-refractivity contribution in [2.75, 3.05) is 0 Å². The topological polar surface area (TPSA) is 70.7 Å². The van der Waals surface area contributed by atoms with Crippen molar-refractivity contribution in [3.05, 3.63) is 70.7 Å². The molecule has 0 aliphatic carbocycles. The Morgan fingerprint density at radius 2 is 2.05 bits per heavy atom. The summed E-state index contributed by atoms with van der Waals surface area (Å²) in [4.78, 5) is 22.7. The minimum atomic E-state index is -0.0580. The Morgan fingerprint density at radius 3 is 2.81 bits per heavy atom. The fourth-order valence-electron chi connectivity index (χ4n) is 2.38. The lowest BCUT2D eigenvalue weighted by molar-refractivity contribution is 0.568. The molecule has 106 valence electrons. The highest BCUT2D eigenvalue weighted by atomic mass is 16.1. The van der Waals surface area contributed by atoms with Gasteiger partial charge in [-0.15, -0.1) is 0 Å². The van der Waals surface area contributed by atoms with E-state index in [9.17, 15) is 4.79 Å². The van der Waals surface area contributed by atoms with E-state index in [0.29, 0.717) is 11.9 Å². The third-order valence-electron chi connectivity index (χ3n) is 3.54. The number of nitrogens with one attached hydrogen (secondary N) is 2. The van der Waals surface area contributed by atoms with Gasteiger partial charge < -0.3 is 10.3 Å². The first-order chi connectivity index (χ1) is 10.3. The van der Waals surface area contributed by atoms with Crippen molar-refractivity contribution in [3.8, 4) is 0 Å². The van der Waals surface area contributed by atoms with Crippen molar-refractivity contribution < 1.29 is 0 Å². The van der Waals surface area contributed by atoms with Crippen molar-refractivity contribution in [1.29, 1.82) is 0 Å². The van der Waals surface area contributed by atoms with Gasteiger partial charge in [0.25, 0.3) is 5.56 Å². The van der Waals surface area contributed by atoms with E-state index >= 15 is 0 Å². The number of hydrogen-bond acceptors (Lipinski definition) is 4. The van der Waals surface area contributed by atoms with E-state index in [1.807, 2.05) is 30.3 Å². The second-order valence-corrected chi connectivity index (χ2v) is 4.92. The molecule has 0 spiro atoms. The Bertz CT molecular complexity index is 798. The van der Waals surface area contributed by atoms with Gasteiger partial charge in [0.05, 0.1) is 5.69 Å². The maximum Gasteiger partial charge on any atom is 0.255 e. The van der Waals surface area contributed by atoms with Gasteiger partial charge in [0.2, 0.25) is 0 Å². The van der Waals surface area contributed by atoms with Crippen LogP contribution < -0.4 is 10.9 Å². The van der Waals surface area contributed by atoms with Gasteiger partial charge in [-0.1, -0.05) is 18.2 Å². The standard InChI is InChI=1S/C16H16N4O/c1-11(18-8-12-6-7-17-10-20-12)15-9-19-16(21)14-5-3-2-4-13(14)15/h2-7,9-11,18H,8H2,1H3,(H,19,21). The molecule has 21 heavy (non-hydrogen) atoms. The van der Waals surface area contributed by atoms with Crippen LogP contribution in [0.5, 0.6) is 0 Å². The minimum absolute atomic E-state index is 0.0580. The maximum absolute atomic E-state index is 11.8. The molecule has 0 aliphatic heterocycles. The highest BCUT2D eigenvalue weighted by molar-refractivity contribution is 5.84. The van der Waals surface area contributed by atoms with Crippen molar-refractivity contribution >= 4 is 10.8 Å². The van der Waals surface area contributed by atoms with Crippen LogP contribution in [0, 0.1) is 0 Å². The molecule has 2 N–H and O–H groups in total. The Kier molecular flexibility index (Phi) is 3.75. The summed E-state index contributed by atoms with van der Waals surface area (Å²) in [6, 6.07) is 9.62. The molecule has 0 aliphatic rings. The second-order valence-electron chi connectivity index (χ2n) is 4.92. The number of pyridine rings is 1. The van der Waals surface area contributed by atoms with Crippen LogP contribution in [0.25, 0.3) is 10.8 Å². The number of nitrogens with zero attached hydrogens (tertiary/aromatic N) is 2. The molecule has 3 rings (SSSR count). The first kappa shape index (κ1) is 13.5. The molecule has 0 radical (unpaired) electrons. The summed E-state index contributed by atoms with van der Waals surface area (Å²) in [5, 5.41) is 5.10. The Morgan fingerprint density at radius 1 is 1.24 bits per heavy atom. The Labute approximate surface area is 122 Å². The third-order valence-corrected chi connectivity index (χ3v) is 3.54. The molecular formula is C16H16N4O. The van der Waals surface area contributed by atoms with Gasteiger partial charge >= 0.3 is 0 Å². The molecule has 2 heterocycles. The monoisotopic (exact) mass is 280 g/mol. The van der Waals surface area contributed by atoms with Gasteiger partial charge in [0, 0.05) is 30.4 Å². The van der Waals surface area contributed by atoms with Crippen LogP contribution >= 0.6 is 0 Å². The molecule has 2 aromatic heterocycles. The summed E-state index contributed by atoms with van der Waals surface area (Å²) in [5.41, 5.74) is 1.95. The van der Waals surface area contributed by atoms with Gasteiger partial charge in [0.1, 0.15) is 6.33 Å². The second kappa shape index (κ2) is 5.85. The first-order valence-electron chi connectivity index (χ1n) is 6.84. The SMILES string of the molecule is CC(NCc1ccncn1)c1c[nH]c(=O)c2ccccc12. The summed E-state index contributed by atoms with van der Waals surface area (Å²) >= 11 is 0. The van der Waals surface area contributed by atoms with Crippen LogP contribution in [0.15, 0.2) is 53.8 Å². The summed E-state index contributed by atoms with van der Waals surface area (Å²) in [5.74, 6) is 0. The van der Waals surface area contributed by atoms with E-state index in [4.69, 9.17) is 0 Å². The lowest BCUT2D eigenvalue weighted by Crippen LogP contribution is -2.20. The maximum atomic E-state index is 11.8. The number of benzene rings is 1. The molecule has 0 bridgehead atoms. The summed E-state index contributed by atoms with van der Waals surface area (Å²) in [7, 11) is 0. The molecule has 0 amide bonds. The van der Waals surface area contributed by atoms with E-state index in [2.05, 4.69) is 27.2 Å². The first-order valence-corrected chi connectivity index (χ1v) is 6.84. The number of rotatable bonds is 4. The van der Waals surface area contributed by atoms with E-state index in [-0.39, 0.29) is 11.6 Å². The van der Waals surface area contributed by atoms with Crippen molar-refractivity contribution in [2.24, 2.45) is 0 Å². The number of hydrogen-bond donors (Lipinski definition) is 2. The summed E-state index contributed by atoms with van der Waals surface area (Å²) < 4.78 is 0. The van der Waals surface area contributed by atoms with Crippen LogP contribution in [0.3, 0.4) is 0 Å². The Balaban J connectivity index is 1.87. The molecule has 0 saturated heterocycles. The molecule has 3 aromatic rings. The number of aromatic nitrogens is 3. The number of fused-ring (bicyclic) bond motifs is 1. The van der Waals surface area contributed by atoms with Crippen LogP contribution in [-0.2, 0) is 6.54 Å². The zero-order valence-electron chi connectivity index (χ0n) is 11.7. The molecule has 5 heteroatoms. The van der Waals surface area contributed by atoms with Crippen molar-refractivity contribution in [1.82, 2.24) is 20.3 Å². The molecule has 1 atom stereocenters. The normalized spacial score (nSPS) is 12.4. The van der Waals surface area contributed by atoms with Crippen LogP contribution in [0.4, 0.5) is 0 Å². The average Bonchev–Trinajstić information content (AvgIpc) is 2.54. The van der Waals surface area contributed by atoms with E-state index in [1.54, 1.807) is 12.4 Å². The molecule has 5 nitrogen and oxygen atoms in total. The smallest absolute Gasteiger partial charge is 0.255 e. The Hall–Kier alpha value is -2.53. The quantitative estimate of drug-likeness (QED) is 0.768. The molecule has 0 saturated carbocycles. The lowest BCUT2D eigenvalue weighted by Gasteiger charge is -2.15. The minimum Gasteiger partial charge on any atom is -0.328 e. The third kappa shape index (κ3) is 2.83.